The van der Waals surface area contributed by atoms with E-state index in [2.05, 4.69) is 16.5 Å². The molecule has 0 unspecified atom stereocenters. The van der Waals surface area contributed by atoms with Gasteiger partial charge >= 0.3 is 0 Å². The summed E-state index contributed by atoms with van der Waals surface area (Å²) in [6.45, 7) is 4.81. The molecule has 0 radical (unpaired) electrons. The van der Waals surface area contributed by atoms with Gasteiger partial charge in [0.25, 0.3) is 10.0 Å². The lowest BCUT2D eigenvalue weighted by atomic mass is 10.1. The Balaban J connectivity index is 1.74. The number of fused-ring (bicyclic) bond motifs is 3. The molecule has 2 heterocycles. The Labute approximate surface area is 167 Å². The zero-order valence-electron chi connectivity index (χ0n) is 16.5. The summed E-state index contributed by atoms with van der Waals surface area (Å²) in [6, 6.07) is 14.9. The van der Waals surface area contributed by atoms with Gasteiger partial charge < -0.3 is 4.57 Å². The van der Waals surface area contributed by atoms with E-state index in [1.54, 1.807) is 16.4 Å². The summed E-state index contributed by atoms with van der Waals surface area (Å²) in [6.07, 6.45) is 5.37. The molecule has 0 amide bonds. The van der Waals surface area contributed by atoms with Crippen molar-refractivity contribution in [3.8, 4) is 0 Å². The van der Waals surface area contributed by atoms with Crippen LogP contribution in [0.1, 0.15) is 44.6 Å². The monoisotopic (exact) mass is 397 g/mol. The normalized spacial score (nSPS) is 16.6. The Morgan fingerprint density at radius 2 is 1.79 bits per heavy atom. The minimum atomic E-state index is -3.66. The third-order valence-corrected chi connectivity index (χ3v) is 7.37. The summed E-state index contributed by atoms with van der Waals surface area (Å²) >= 11 is 0. The Bertz CT molecular complexity index is 1070. The molecule has 2 aromatic carbocycles. The molecule has 0 aliphatic carbocycles. The van der Waals surface area contributed by atoms with Gasteiger partial charge in [0.1, 0.15) is 0 Å². The molecule has 0 saturated heterocycles. The number of imidazole rings is 1. The van der Waals surface area contributed by atoms with E-state index in [1.165, 1.54) is 12.8 Å². The first-order valence-corrected chi connectivity index (χ1v) is 11.5. The molecule has 6 heteroatoms. The SMILES string of the molecule is CCCCCC[C@@H]1Cn2c(nc3ccccc32)N1S(=O)(=O)c1ccc(C)cc1. The van der Waals surface area contributed by atoms with Gasteiger partial charge in [0, 0.05) is 6.54 Å². The fourth-order valence-corrected chi connectivity index (χ4v) is 5.63. The van der Waals surface area contributed by atoms with Crippen LogP contribution in [0.2, 0.25) is 0 Å². The maximum atomic E-state index is 13.6. The second-order valence-corrected chi connectivity index (χ2v) is 9.44. The van der Waals surface area contributed by atoms with Crippen molar-refractivity contribution < 1.29 is 8.42 Å². The third kappa shape index (κ3) is 3.30. The number of nitrogens with zero attached hydrogens (tertiary/aromatic N) is 3. The van der Waals surface area contributed by atoms with Crippen molar-refractivity contribution in [2.45, 2.75) is 63.4 Å². The Morgan fingerprint density at radius 3 is 2.54 bits per heavy atom. The lowest BCUT2D eigenvalue weighted by Gasteiger charge is -2.24. The smallest absolute Gasteiger partial charge is 0.266 e. The molecule has 0 N–H and O–H groups in total. The summed E-state index contributed by atoms with van der Waals surface area (Å²) < 4.78 is 30.7. The number of hydrogen-bond donors (Lipinski definition) is 0. The quantitative estimate of drug-likeness (QED) is 0.533. The molecule has 5 nitrogen and oxygen atoms in total. The summed E-state index contributed by atoms with van der Waals surface area (Å²) in [5, 5.41) is 0. The third-order valence-electron chi connectivity index (χ3n) is 5.53. The van der Waals surface area contributed by atoms with E-state index < -0.39 is 10.0 Å². The highest BCUT2D eigenvalue weighted by molar-refractivity contribution is 7.92. The van der Waals surface area contributed by atoms with E-state index in [1.807, 2.05) is 43.3 Å². The molecule has 1 aromatic heterocycles. The second kappa shape index (κ2) is 7.59. The second-order valence-electron chi connectivity index (χ2n) is 7.63. The first kappa shape index (κ1) is 19.0. The molecule has 28 heavy (non-hydrogen) atoms. The number of anilines is 1. The molecule has 0 fully saturated rings. The molecular formula is C22H27N3O2S. The topological polar surface area (TPSA) is 55.2 Å². The first-order valence-electron chi connectivity index (χ1n) is 10.1. The summed E-state index contributed by atoms with van der Waals surface area (Å²) in [5.41, 5.74) is 2.88. The van der Waals surface area contributed by atoms with Crippen molar-refractivity contribution in [3.63, 3.8) is 0 Å². The van der Waals surface area contributed by atoms with Gasteiger partial charge in [-0.3, -0.25) is 0 Å². The average Bonchev–Trinajstić information content (AvgIpc) is 3.21. The number of para-hydroxylation sites is 2. The molecule has 1 atom stereocenters. The van der Waals surface area contributed by atoms with Gasteiger partial charge in [0.05, 0.1) is 22.0 Å². The van der Waals surface area contributed by atoms with Gasteiger partial charge in [-0.1, -0.05) is 62.4 Å². The van der Waals surface area contributed by atoms with Crippen LogP contribution in [0.15, 0.2) is 53.4 Å². The number of sulfonamides is 1. The van der Waals surface area contributed by atoms with Crippen LogP contribution in [-0.2, 0) is 16.6 Å². The van der Waals surface area contributed by atoms with Crippen LogP contribution in [0.25, 0.3) is 11.0 Å². The zero-order valence-corrected chi connectivity index (χ0v) is 17.3. The van der Waals surface area contributed by atoms with Crippen molar-refractivity contribution in [2.75, 3.05) is 4.31 Å². The van der Waals surface area contributed by atoms with E-state index in [0.717, 1.165) is 35.9 Å². The standard InChI is InChI=1S/C22H27N3O2S/c1-3-4-5-6-9-18-16-24-21-11-8-7-10-20(21)23-22(24)25(18)28(26,27)19-14-12-17(2)13-15-19/h7-8,10-15,18H,3-6,9,16H2,1-2H3/t18-/m1/s1. The molecule has 1 aliphatic heterocycles. The van der Waals surface area contributed by atoms with Crippen LogP contribution >= 0.6 is 0 Å². The van der Waals surface area contributed by atoms with Crippen LogP contribution in [0.4, 0.5) is 5.95 Å². The van der Waals surface area contributed by atoms with Gasteiger partial charge in [-0.25, -0.2) is 17.7 Å². The maximum Gasteiger partial charge on any atom is 0.266 e. The van der Waals surface area contributed by atoms with Crippen LogP contribution in [0.5, 0.6) is 0 Å². The van der Waals surface area contributed by atoms with E-state index >= 15 is 0 Å². The van der Waals surface area contributed by atoms with Gasteiger partial charge in [-0.05, 0) is 37.6 Å². The molecule has 1 aliphatic rings. The largest absolute Gasteiger partial charge is 0.307 e. The minimum Gasteiger partial charge on any atom is -0.307 e. The van der Waals surface area contributed by atoms with E-state index in [-0.39, 0.29) is 6.04 Å². The van der Waals surface area contributed by atoms with Crippen molar-refractivity contribution in [1.29, 1.82) is 0 Å². The number of benzene rings is 2. The number of aromatic nitrogens is 2. The molecule has 148 valence electrons. The van der Waals surface area contributed by atoms with Crippen LogP contribution in [0, 0.1) is 6.92 Å². The summed E-state index contributed by atoms with van der Waals surface area (Å²) in [5.74, 6) is 0.544. The van der Waals surface area contributed by atoms with Gasteiger partial charge in [-0.2, -0.15) is 0 Å². The average molecular weight is 398 g/mol. The van der Waals surface area contributed by atoms with E-state index in [9.17, 15) is 8.42 Å². The first-order chi connectivity index (χ1) is 13.5. The highest BCUT2D eigenvalue weighted by atomic mass is 32.2. The van der Waals surface area contributed by atoms with Crippen LogP contribution in [-0.4, -0.2) is 24.0 Å². The molecular weight excluding hydrogens is 370 g/mol. The van der Waals surface area contributed by atoms with E-state index in [4.69, 9.17) is 0 Å². The fraction of sp³-hybridized carbons (Fsp3) is 0.409. The van der Waals surface area contributed by atoms with Crippen molar-refractivity contribution >= 4 is 27.0 Å². The van der Waals surface area contributed by atoms with Crippen LogP contribution < -0.4 is 4.31 Å². The molecule has 3 aromatic rings. The number of rotatable bonds is 7. The number of unbranched alkanes of at least 4 members (excludes halogenated alkanes) is 3. The Hall–Kier alpha value is -2.34. The lowest BCUT2D eigenvalue weighted by molar-refractivity contribution is 0.522. The van der Waals surface area contributed by atoms with Crippen molar-refractivity contribution in [3.05, 3.63) is 54.1 Å². The lowest BCUT2D eigenvalue weighted by Crippen LogP contribution is -2.38. The Kier molecular flexibility index (Phi) is 5.15. The zero-order chi connectivity index (χ0) is 19.7. The predicted molar refractivity (Wildman–Crippen MR) is 113 cm³/mol. The van der Waals surface area contributed by atoms with Gasteiger partial charge in [0.2, 0.25) is 5.95 Å². The van der Waals surface area contributed by atoms with Gasteiger partial charge in [-0.15, -0.1) is 0 Å². The van der Waals surface area contributed by atoms with Crippen LogP contribution in [0.3, 0.4) is 0 Å². The predicted octanol–water partition coefficient (Wildman–Crippen LogP) is 4.89. The molecule has 0 bridgehead atoms. The minimum absolute atomic E-state index is 0.0877. The summed E-state index contributed by atoms with van der Waals surface area (Å²) in [4.78, 5) is 5.02. The number of hydrogen-bond acceptors (Lipinski definition) is 3. The highest BCUT2D eigenvalue weighted by Gasteiger charge is 2.40. The maximum absolute atomic E-state index is 13.6. The molecule has 0 saturated carbocycles. The fourth-order valence-electron chi connectivity index (χ4n) is 4.00. The van der Waals surface area contributed by atoms with Gasteiger partial charge in [0.15, 0.2) is 0 Å². The Morgan fingerprint density at radius 1 is 1.04 bits per heavy atom. The van der Waals surface area contributed by atoms with Crippen molar-refractivity contribution in [2.24, 2.45) is 0 Å². The molecule has 4 rings (SSSR count). The van der Waals surface area contributed by atoms with Crippen molar-refractivity contribution in [1.82, 2.24) is 9.55 Å². The van der Waals surface area contributed by atoms with E-state index in [0.29, 0.717) is 17.4 Å². The number of aryl methyl sites for hydroxylation is 1. The highest BCUT2D eigenvalue weighted by Crippen LogP contribution is 2.36. The summed E-state index contributed by atoms with van der Waals surface area (Å²) in [7, 11) is -3.66. The molecule has 0 spiro atoms.